The van der Waals surface area contributed by atoms with E-state index in [1.165, 1.54) is 0 Å². The number of rotatable bonds is 3. The molecule has 0 aliphatic heterocycles. The Labute approximate surface area is 156 Å². The Balaban J connectivity index is 1.73. The zero-order chi connectivity index (χ0) is 17.6. The van der Waals surface area contributed by atoms with Crippen LogP contribution in [-0.2, 0) is 0 Å². The Morgan fingerprint density at radius 3 is 2.20 bits per heavy atom. The summed E-state index contributed by atoms with van der Waals surface area (Å²) >= 11 is 11.1. The lowest BCUT2D eigenvalue weighted by Crippen LogP contribution is -2.34. The van der Waals surface area contributed by atoms with Crippen molar-refractivity contribution < 1.29 is 4.79 Å². The molecule has 124 valence electrons. The van der Waals surface area contributed by atoms with Crippen molar-refractivity contribution in [3.8, 4) is 11.1 Å². The first-order valence-corrected chi connectivity index (χ1v) is 8.44. The summed E-state index contributed by atoms with van der Waals surface area (Å²) in [6.07, 6.45) is 0. The normalized spacial score (nSPS) is 10.1. The summed E-state index contributed by atoms with van der Waals surface area (Å²) in [5, 5.41) is 6.59. The second-order valence-electron chi connectivity index (χ2n) is 5.33. The topological polar surface area (TPSA) is 41.1 Å². The third kappa shape index (κ3) is 4.44. The van der Waals surface area contributed by atoms with E-state index < -0.39 is 0 Å². The average molecular weight is 367 g/mol. The molecule has 0 unspecified atom stereocenters. The summed E-state index contributed by atoms with van der Waals surface area (Å²) in [6.45, 7) is 0. The summed E-state index contributed by atoms with van der Waals surface area (Å²) in [4.78, 5) is 12.2. The zero-order valence-corrected chi connectivity index (χ0v) is 14.8. The molecule has 0 saturated heterocycles. The number of carbonyl (C=O) groups is 1. The van der Waals surface area contributed by atoms with Gasteiger partial charge < -0.3 is 5.32 Å². The van der Waals surface area contributed by atoms with Gasteiger partial charge in [-0.05, 0) is 48.1 Å². The van der Waals surface area contributed by atoms with Crippen LogP contribution >= 0.6 is 23.8 Å². The Bertz CT molecular complexity index is 895. The van der Waals surface area contributed by atoms with E-state index in [0.717, 1.165) is 16.8 Å². The molecule has 3 aromatic carbocycles. The maximum atomic E-state index is 12.2. The average Bonchev–Trinajstić information content (AvgIpc) is 2.63. The predicted molar refractivity (Wildman–Crippen MR) is 107 cm³/mol. The van der Waals surface area contributed by atoms with Crippen LogP contribution in [0.3, 0.4) is 0 Å². The summed E-state index contributed by atoms with van der Waals surface area (Å²) in [6, 6.07) is 24.4. The van der Waals surface area contributed by atoms with Gasteiger partial charge >= 0.3 is 0 Å². The van der Waals surface area contributed by atoms with Crippen LogP contribution in [0.15, 0.2) is 78.9 Å². The molecule has 1 amide bonds. The van der Waals surface area contributed by atoms with Crippen molar-refractivity contribution in [2.24, 2.45) is 0 Å². The fourth-order valence-electron chi connectivity index (χ4n) is 2.39. The van der Waals surface area contributed by atoms with Crippen LogP contribution in [0, 0.1) is 0 Å². The van der Waals surface area contributed by atoms with Crippen LogP contribution in [0.25, 0.3) is 11.1 Å². The molecule has 2 N–H and O–H groups in total. The third-order valence-corrected chi connectivity index (χ3v) is 4.05. The van der Waals surface area contributed by atoms with Crippen LogP contribution < -0.4 is 10.6 Å². The smallest absolute Gasteiger partial charge is 0.257 e. The summed E-state index contributed by atoms with van der Waals surface area (Å²) < 4.78 is 0. The highest BCUT2D eigenvalue weighted by Crippen LogP contribution is 2.27. The number of para-hydroxylation sites is 1. The van der Waals surface area contributed by atoms with Gasteiger partial charge in [0.25, 0.3) is 5.91 Å². The maximum absolute atomic E-state index is 12.2. The van der Waals surface area contributed by atoms with E-state index in [4.69, 9.17) is 23.8 Å². The third-order valence-electron chi connectivity index (χ3n) is 3.59. The molecule has 25 heavy (non-hydrogen) atoms. The molecule has 0 heterocycles. The minimum Gasteiger partial charge on any atom is -0.332 e. The first-order chi connectivity index (χ1) is 12.1. The van der Waals surface area contributed by atoms with E-state index in [0.29, 0.717) is 10.6 Å². The van der Waals surface area contributed by atoms with Gasteiger partial charge in [-0.2, -0.15) is 0 Å². The predicted octanol–water partition coefficient (Wildman–Crippen LogP) is 5.13. The Kier molecular flexibility index (Phi) is 5.43. The van der Waals surface area contributed by atoms with Crippen LogP contribution in [0.2, 0.25) is 5.02 Å². The fourth-order valence-corrected chi connectivity index (χ4v) is 2.72. The highest BCUT2D eigenvalue weighted by Gasteiger charge is 2.10. The zero-order valence-electron chi connectivity index (χ0n) is 13.2. The van der Waals surface area contributed by atoms with Crippen molar-refractivity contribution in [3.63, 3.8) is 0 Å². The lowest BCUT2D eigenvalue weighted by molar-refractivity contribution is 0.0978. The molecule has 0 spiro atoms. The molecule has 0 bridgehead atoms. The first-order valence-electron chi connectivity index (χ1n) is 7.66. The van der Waals surface area contributed by atoms with Gasteiger partial charge in [-0.1, -0.05) is 60.1 Å². The Morgan fingerprint density at radius 1 is 0.840 bits per heavy atom. The van der Waals surface area contributed by atoms with Crippen LogP contribution in [-0.4, -0.2) is 11.0 Å². The van der Waals surface area contributed by atoms with Gasteiger partial charge in [-0.3, -0.25) is 10.1 Å². The largest absolute Gasteiger partial charge is 0.332 e. The molecule has 0 fully saturated rings. The van der Waals surface area contributed by atoms with Gasteiger partial charge in [-0.25, -0.2) is 0 Å². The van der Waals surface area contributed by atoms with Gasteiger partial charge in [0.1, 0.15) is 0 Å². The van der Waals surface area contributed by atoms with Gasteiger partial charge in [0.05, 0.1) is 0 Å². The van der Waals surface area contributed by atoms with E-state index in [1.54, 1.807) is 24.3 Å². The molecule has 3 nitrogen and oxygen atoms in total. The Morgan fingerprint density at radius 2 is 1.48 bits per heavy atom. The minimum atomic E-state index is -0.286. The maximum Gasteiger partial charge on any atom is 0.257 e. The molecule has 0 aliphatic carbocycles. The number of hydrogen-bond acceptors (Lipinski definition) is 2. The first kappa shape index (κ1) is 17.1. The van der Waals surface area contributed by atoms with Gasteiger partial charge in [0, 0.05) is 21.8 Å². The van der Waals surface area contributed by atoms with Crippen molar-refractivity contribution >= 4 is 40.5 Å². The molecule has 3 aromatic rings. The lowest BCUT2D eigenvalue weighted by Gasteiger charge is -2.13. The van der Waals surface area contributed by atoms with Crippen molar-refractivity contribution in [1.29, 1.82) is 0 Å². The van der Waals surface area contributed by atoms with E-state index >= 15 is 0 Å². The molecule has 5 heteroatoms. The quantitative estimate of drug-likeness (QED) is 0.631. The van der Waals surface area contributed by atoms with Crippen LogP contribution in [0.1, 0.15) is 10.4 Å². The van der Waals surface area contributed by atoms with Gasteiger partial charge in [-0.15, -0.1) is 0 Å². The highest BCUT2D eigenvalue weighted by atomic mass is 35.5. The van der Waals surface area contributed by atoms with E-state index in [-0.39, 0.29) is 11.0 Å². The van der Waals surface area contributed by atoms with Gasteiger partial charge in [0.2, 0.25) is 0 Å². The molecule has 0 saturated carbocycles. The number of halogens is 1. The molecule has 0 radical (unpaired) electrons. The number of benzene rings is 3. The van der Waals surface area contributed by atoms with Crippen LogP contribution in [0.4, 0.5) is 5.69 Å². The summed E-state index contributed by atoms with van der Waals surface area (Å²) in [5.74, 6) is -0.286. The molecule has 0 aliphatic rings. The standard InChI is InChI=1S/C20H15ClN2OS/c21-16-12-10-15(11-13-16)19(24)23-20(25)22-18-9-5-4-8-17(18)14-6-2-1-3-7-14/h1-13H,(H2,22,23,24,25). The van der Waals surface area contributed by atoms with Crippen molar-refractivity contribution in [2.45, 2.75) is 0 Å². The number of nitrogens with one attached hydrogen (secondary N) is 2. The van der Waals surface area contributed by atoms with Crippen molar-refractivity contribution in [2.75, 3.05) is 5.32 Å². The van der Waals surface area contributed by atoms with E-state index in [1.807, 2.05) is 54.6 Å². The molecular weight excluding hydrogens is 352 g/mol. The fraction of sp³-hybridized carbons (Fsp3) is 0. The summed E-state index contributed by atoms with van der Waals surface area (Å²) in [7, 11) is 0. The van der Waals surface area contributed by atoms with Crippen molar-refractivity contribution in [3.05, 3.63) is 89.4 Å². The second kappa shape index (κ2) is 7.92. The Hall–Kier alpha value is -2.69. The monoisotopic (exact) mass is 366 g/mol. The van der Waals surface area contributed by atoms with E-state index in [9.17, 15) is 4.79 Å². The number of carbonyl (C=O) groups excluding carboxylic acids is 1. The van der Waals surface area contributed by atoms with E-state index in [2.05, 4.69) is 10.6 Å². The second-order valence-corrected chi connectivity index (χ2v) is 6.17. The summed E-state index contributed by atoms with van der Waals surface area (Å²) in [5.41, 5.74) is 3.39. The molecule has 0 atom stereocenters. The van der Waals surface area contributed by atoms with Crippen LogP contribution in [0.5, 0.6) is 0 Å². The number of hydrogen-bond donors (Lipinski definition) is 2. The number of amides is 1. The minimum absolute atomic E-state index is 0.239. The molecular formula is C20H15ClN2OS. The number of anilines is 1. The van der Waals surface area contributed by atoms with Crippen molar-refractivity contribution in [1.82, 2.24) is 5.32 Å². The molecule has 0 aromatic heterocycles. The molecule has 3 rings (SSSR count). The lowest BCUT2D eigenvalue weighted by atomic mass is 10.0. The number of thiocarbonyl (C=S) groups is 1. The SMILES string of the molecule is O=C(NC(=S)Nc1ccccc1-c1ccccc1)c1ccc(Cl)cc1. The highest BCUT2D eigenvalue weighted by molar-refractivity contribution is 7.80. The van der Waals surface area contributed by atoms with Gasteiger partial charge in [0.15, 0.2) is 5.11 Å².